The summed E-state index contributed by atoms with van der Waals surface area (Å²) >= 11 is 21.0. The van der Waals surface area contributed by atoms with Gasteiger partial charge < -0.3 is 14.7 Å². The van der Waals surface area contributed by atoms with E-state index < -0.39 is 45.2 Å². The lowest BCUT2D eigenvalue weighted by molar-refractivity contribution is -0.138. The molecule has 0 bridgehead atoms. The van der Waals surface area contributed by atoms with Crippen molar-refractivity contribution in [2.45, 2.75) is 28.5 Å². The van der Waals surface area contributed by atoms with E-state index in [1.54, 1.807) is 18.2 Å². The average molecular weight is 645 g/mol. The van der Waals surface area contributed by atoms with Gasteiger partial charge in [-0.1, -0.05) is 29.3 Å². The number of anilines is 2. The zero-order valence-corrected chi connectivity index (χ0v) is 25.4. The van der Waals surface area contributed by atoms with Gasteiger partial charge in [-0.25, -0.2) is 0 Å². The Kier molecular flexibility index (Phi) is 6.63. The number of phenols is 1. The molecule has 1 saturated carbocycles. The van der Waals surface area contributed by atoms with Gasteiger partial charge in [0.2, 0.25) is 11.8 Å². The first-order valence-corrected chi connectivity index (χ1v) is 15.3. The molecular weight excluding hydrogens is 617 g/mol. The second kappa shape index (κ2) is 9.95. The third-order valence-electron chi connectivity index (χ3n) is 9.79. The summed E-state index contributed by atoms with van der Waals surface area (Å²) in [6.07, 6.45) is 2.00. The maximum atomic E-state index is 14.2. The van der Waals surface area contributed by atoms with Gasteiger partial charge in [-0.3, -0.25) is 29.0 Å². The number of phenolic OH excluding ortho intramolecular Hbond substituents is 1. The summed E-state index contributed by atoms with van der Waals surface area (Å²) in [5.41, 5.74) is 2.49. The molecule has 5 aliphatic rings. The molecule has 3 heterocycles. The van der Waals surface area contributed by atoms with Crippen LogP contribution in [0, 0.1) is 17.8 Å². The molecular formula is C31H28Cl3N3O6. The maximum Gasteiger partial charge on any atom is 0.253 e. The summed E-state index contributed by atoms with van der Waals surface area (Å²) in [6.45, 7) is 2.78. The predicted octanol–water partition coefficient (Wildman–Crippen LogP) is 4.08. The van der Waals surface area contributed by atoms with Crippen LogP contribution in [0.25, 0.3) is 0 Å². The molecule has 0 aromatic heterocycles. The number of alkyl halides is 2. The third kappa shape index (κ3) is 3.87. The van der Waals surface area contributed by atoms with Gasteiger partial charge >= 0.3 is 0 Å². The first-order valence-electron chi connectivity index (χ1n) is 14.2. The van der Waals surface area contributed by atoms with Gasteiger partial charge in [0.05, 0.1) is 30.7 Å². The molecule has 1 N–H and O–H groups in total. The van der Waals surface area contributed by atoms with Crippen LogP contribution in [0.5, 0.6) is 5.75 Å². The minimum atomic E-state index is -1.93. The number of amides is 4. The van der Waals surface area contributed by atoms with Crippen molar-refractivity contribution in [3.05, 3.63) is 64.7 Å². The Balaban J connectivity index is 1.29. The quantitative estimate of drug-likeness (QED) is 0.305. The van der Waals surface area contributed by atoms with E-state index in [4.69, 9.17) is 39.5 Å². The summed E-state index contributed by atoms with van der Waals surface area (Å²) < 4.78 is 5.43. The Morgan fingerprint density at radius 1 is 0.907 bits per heavy atom. The van der Waals surface area contributed by atoms with Crippen molar-refractivity contribution in [1.82, 2.24) is 4.90 Å². The van der Waals surface area contributed by atoms with Gasteiger partial charge in [0.15, 0.2) is 9.75 Å². The van der Waals surface area contributed by atoms with Crippen molar-refractivity contribution in [3.8, 4) is 5.75 Å². The number of hydrogen-bond acceptors (Lipinski definition) is 7. The number of ether oxygens (including phenoxy) is 1. The van der Waals surface area contributed by atoms with Crippen molar-refractivity contribution in [1.29, 1.82) is 0 Å². The number of likely N-dealkylation sites (tertiary alicyclic amines) is 1. The first-order chi connectivity index (χ1) is 20.5. The maximum absolute atomic E-state index is 14.2. The molecule has 4 amide bonds. The molecule has 2 aliphatic carbocycles. The molecule has 43 heavy (non-hydrogen) atoms. The number of halogens is 3. The predicted molar refractivity (Wildman–Crippen MR) is 161 cm³/mol. The number of carbonyl (C=O) groups is 4. The fourth-order valence-corrected chi connectivity index (χ4v) is 9.02. The molecule has 224 valence electrons. The van der Waals surface area contributed by atoms with Crippen LogP contribution in [0.3, 0.4) is 0 Å². The Hall–Kier alpha value is -3.11. The molecule has 0 radical (unpaired) electrons. The number of nitrogens with zero attached hydrogens (tertiary/aromatic N) is 3. The first kappa shape index (κ1) is 28.6. The van der Waals surface area contributed by atoms with Gasteiger partial charge in [0.25, 0.3) is 11.8 Å². The second-order valence-electron chi connectivity index (χ2n) is 11.8. The number of morpholine rings is 1. The summed E-state index contributed by atoms with van der Waals surface area (Å²) in [5.74, 6) is -5.23. The zero-order valence-electron chi connectivity index (χ0n) is 23.1. The molecule has 2 aromatic carbocycles. The third-order valence-corrected chi connectivity index (χ3v) is 11.5. The van der Waals surface area contributed by atoms with Crippen molar-refractivity contribution in [2.75, 3.05) is 43.2 Å². The van der Waals surface area contributed by atoms with Crippen molar-refractivity contribution in [2.24, 2.45) is 17.8 Å². The number of carbonyl (C=O) groups excluding carboxylic acids is 4. The highest BCUT2D eigenvalue weighted by Gasteiger charge is 2.76. The normalized spacial score (nSPS) is 33.9. The second-order valence-corrected chi connectivity index (χ2v) is 13.5. The lowest BCUT2D eigenvalue weighted by atomic mass is 9.56. The molecule has 0 spiro atoms. The van der Waals surface area contributed by atoms with E-state index in [1.807, 2.05) is 18.2 Å². The molecule has 6 unspecified atom stereocenters. The SMILES string of the molecule is CN1C(=O)C2(Cl)CC3C(=CCC4C(=O)N(c5ccc(N6CCOCC6)cc5)C(=O)C43)C(c3ccc(O)cc3Cl)C2(Cl)C1=O. The van der Waals surface area contributed by atoms with E-state index in [1.165, 1.54) is 24.1 Å². The molecule has 9 nitrogen and oxygen atoms in total. The van der Waals surface area contributed by atoms with E-state index in [2.05, 4.69) is 4.90 Å². The van der Waals surface area contributed by atoms with Crippen LogP contribution in [-0.4, -0.2) is 76.7 Å². The Morgan fingerprint density at radius 2 is 1.58 bits per heavy atom. The van der Waals surface area contributed by atoms with E-state index in [9.17, 15) is 24.3 Å². The largest absolute Gasteiger partial charge is 0.508 e. The minimum Gasteiger partial charge on any atom is -0.508 e. The fraction of sp³-hybridized carbons (Fsp3) is 0.419. The number of imide groups is 2. The number of fused-ring (bicyclic) bond motifs is 4. The topological polar surface area (TPSA) is 107 Å². The summed E-state index contributed by atoms with van der Waals surface area (Å²) in [6, 6.07) is 11.6. The van der Waals surface area contributed by atoms with Gasteiger partial charge in [0.1, 0.15) is 5.75 Å². The Morgan fingerprint density at radius 3 is 2.26 bits per heavy atom. The number of hydrogen-bond donors (Lipinski definition) is 1. The highest BCUT2D eigenvalue weighted by atomic mass is 35.5. The lowest BCUT2D eigenvalue weighted by Gasteiger charge is -2.51. The highest BCUT2D eigenvalue weighted by Crippen LogP contribution is 2.66. The standard InChI is InChI=1S/C31H28Cl3N3O6/c1-35-28(41)30(33)15-22-19(25(31(30,34)29(35)42)20-7-6-18(38)14-23(20)32)8-9-21-24(22)27(40)37(26(21)39)17-4-2-16(3-5-17)36-10-12-43-13-11-36/h2-8,14,21-22,24-25,38H,9-13,15H2,1H3. The highest BCUT2D eigenvalue weighted by molar-refractivity contribution is 6.53. The van der Waals surface area contributed by atoms with Crippen molar-refractivity contribution >= 4 is 69.8 Å². The smallest absolute Gasteiger partial charge is 0.253 e. The monoisotopic (exact) mass is 643 g/mol. The van der Waals surface area contributed by atoms with Crippen LogP contribution in [0.15, 0.2) is 54.1 Å². The van der Waals surface area contributed by atoms with Crippen molar-refractivity contribution in [3.63, 3.8) is 0 Å². The lowest BCUT2D eigenvalue weighted by Crippen LogP contribution is -2.60. The fourth-order valence-electron chi connectivity index (χ4n) is 7.73. The van der Waals surface area contributed by atoms with Gasteiger partial charge in [-0.2, -0.15) is 0 Å². The van der Waals surface area contributed by atoms with Crippen LogP contribution in [-0.2, 0) is 23.9 Å². The van der Waals surface area contributed by atoms with Crippen LogP contribution in [0.1, 0.15) is 24.3 Å². The Bertz CT molecular complexity index is 1610. The van der Waals surface area contributed by atoms with E-state index in [-0.39, 0.29) is 35.4 Å². The van der Waals surface area contributed by atoms with Crippen LogP contribution >= 0.6 is 34.8 Å². The number of allylic oxidation sites excluding steroid dienone is 2. The van der Waals surface area contributed by atoms with Gasteiger partial charge in [0, 0.05) is 36.8 Å². The summed E-state index contributed by atoms with van der Waals surface area (Å²) in [4.78, 5) is 55.7. The summed E-state index contributed by atoms with van der Waals surface area (Å²) in [5, 5.41) is 10.2. The van der Waals surface area contributed by atoms with Crippen LogP contribution in [0.2, 0.25) is 5.02 Å². The van der Waals surface area contributed by atoms with E-state index in [0.29, 0.717) is 30.0 Å². The number of benzene rings is 2. The molecule has 12 heteroatoms. The molecule has 6 atom stereocenters. The number of rotatable bonds is 3. The molecule has 7 rings (SSSR count). The number of aromatic hydroxyl groups is 1. The van der Waals surface area contributed by atoms with Crippen LogP contribution in [0.4, 0.5) is 11.4 Å². The molecule has 3 aliphatic heterocycles. The average Bonchev–Trinajstić information content (AvgIpc) is 3.33. The molecule has 2 aromatic rings. The minimum absolute atomic E-state index is 0.0858. The summed E-state index contributed by atoms with van der Waals surface area (Å²) in [7, 11) is 1.33. The van der Waals surface area contributed by atoms with E-state index >= 15 is 0 Å². The van der Waals surface area contributed by atoms with Crippen molar-refractivity contribution < 1.29 is 29.0 Å². The molecule has 3 saturated heterocycles. The van der Waals surface area contributed by atoms with Crippen LogP contribution < -0.4 is 9.80 Å². The van der Waals surface area contributed by atoms with Gasteiger partial charge in [-0.15, -0.1) is 23.2 Å². The zero-order chi connectivity index (χ0) is 30.4. The van der Waals surface area contributed by atoms with Gasteiger partial charge in [-0.05, 0) is 60.7 Å². The Labute approximate surface area is 262 Å². The van der Waals surface area contributed by atoms with E-state index in [0.717, 1.165) is 23.7 Å². The molecule has 4 fully saturated rings.